The first-order valence-electron chi connectivity index (χ1n) is 16.3. The number of likely N-dealkylation sites (tertiary alicyclic amines) is 2. The van der Waals surface area contributed by atoms with Gasteiger partial charge in [0.05, 0.1) is 12.1 Å². The Morgan fingerprint density at radius 2 is 1.77 bits per heavy atom. The number of fused-ring (bicyclic) bond motifs is 1. The Morgan fingerprint density at radius 3 is 2.47 bits per heavy atom. The largest absolute Gasteiger partial charge is 0.493 e. The highest BCUT2D eigenvalue weighted by Crippen LogP contribution is 2.39. The van der Waals surface area contributed by atoms with Gasteiger partial charge in [-0.05, 0) is 76.2 Å². The summed E-state index contributed by atoms with van der Waals surface area (Å²) in [5.41, 5.74) is 2.48. The normalized spacial score (nSPS) is 19.7. The van der Waals surface area contributed by atoms with Crippen LogP contribution in [0.5, 0.6) is 11.8 Å². The number of aryl methyl sites for hydroxylation is 1. The van der Waals surface area contributed by atoms with Gasteiger partial charge in [0.2, 0.25) is 11.8 Å². The van der Waals surface area contributed by atoms with E-state index < -0.39 is 17.9 Å². The van der Waals surface area contributed by atoms with Gasteiger partial charge < -0.3 is 24.4 Å². The minimum Gasteiger partial charge on any atom is -0.493 e. The highest BCUT2D eigenvalue weighted by atomic mass is 19.1. The number of alkyl halides is 1. The van der Waals surface area contributed by atoms with Crippen molar-refractivity contribution in [3.63, 3.8) is 0 Å². The number of amides is 1. The van der Waals surface area contributed by atoms with E-state index in [1.165, 1.54) is 11.0 Å². The lowest BCUT2D eigenvalue weighted by molar-refractivity contribution is 0.000704. The van der Waals surface area contributed by atoms with E-state index >= 15 is 8.78 Å². The van der Waals surface area contributed by atoms with Crippen LogP contribution in [0.4, 0.5) is 13.6 Å². The molecular formula is C36H43F2N5O4. The second-order valence-electron chi connectivity index (χ2n) is 13.7. The molecule has 2 atom stereocenters. The highest BCUT2D eigenvalue weighted by molar-refractivity contribution is 5.95. The van der Waals surface area contributed by atoms with Crippen LogP contribution in [-0.4, -0.2) is 80.3 Å². The molecule has 250 valence electrons. The van der Waals surface area contributed by atoms with Crippen molar-refractivity contribution in [3.8, 4) is 23.0 Å². The fraction of sp³-hybridized carbons (Fsp3) is 0.472. The van der Waals surface area contributed by atoms with E-state index in [0.717, 1.165) is 31.5 Å². The first-order valence-corrected chi connectivity index (χ1v) is 16.3. The van der Waals surface area contributed by atoms with Crippen LogP contribution in [0.1, 0.15) is 57.1 Å². The van der Waals surface area contributed by atoms with Crippen LogP contribution in [0.15, 0.2) is 54.6 Å². The summed E-state index contributed by atoms with van der Waals surface area (Å²) in [5, 5.41) is 15.4. The Hall–Kier alpha value is -4.25. The lowest BCUT2D eigenvalue weighted by Crippen LogP contribution is -2.50. The Balaban J connectivity index is 1.12. The van der Waals surface area contributed by atoms with E-state index in [2.05, 4.69) is 15.0 Å². The molecule has 9 nitrogen and oxygen atoms in total. The fourth-order valence-corrected chi connectivity index (χ4v) is 6.71. The molecule has 0 radical (unpaired) electrons. The average molecular weight is 648 g/mol. The van der Waals surface area contributed by atoms with E-state index in [9.17, 15) is 9.90 Å². The SMILES string of the molecule is Cn1nc(-c2ccc(O)nc2OCc2ccccc2)c2ccc(C3CCN(C[C@@H]4CCN(C(=O)OC(C)(C)C)C[C@@H]4F)CC3)c(F)c21. The van der Waals surface area contributed by atoms with Gasteiger partial charge in [-0.1, -0.05) is 42.5 Å². The molecule has 2 aliphatic heterocycles. The van der Waals surface area contributed by atoms with Crippen LogP contribution in [0.25, 0.3) is 22.2 Å². The predicted octanol–water partition coefficient (Wildman–Crippen LogP) is 6.83. The first-order chi connectivity index (χ1) is 22.5. The van der Waals surface area contributed by atoms with E-state index in [0.29, 0.717) is 47.2 Å². The van der Waals surface area contributed by atoms with Crippen LogP contribution in [0, 0.1) is 11.7 Å². The smallest absolute Gasteiger partial charge is 0.410 e. The number of nitrogens with zero attached hydrogens (tertiary/aromatic N) is 5. The second kappa shape index (κ2) is 13.5. The third-order valence-corrected chi connectivity index (χ3v) is 9.14. The zero-order chi connectivity index (χ0) is 33.3. The van der Waals surface area contributed by atoms with E-state index in [-0.39, 0.29) is 42.6 Å². The zero-order valence-electron chi connectivity index (χ0n) is 27.5. The third-order valence-electron chi connectivity index (χ3n) is 9.14. The zero-order valence-corrected chi connectivity index (χ0v) is 27.5. The molecule has 11 heteroatoms. The predicted molar refractivity (Wildman–Crippen MR) is 176 cm³/mol. The molecule has 2 aromatic heterocycles. The summed E-state index contributed by atoms with van der Waals surface area (Å²) >= 11 is 0. The Kier molecular flexibility index (Phi) is 9.36. The van der Waals surface area contributed by atoms with Crippen LogP contribution < -0.4 is 4.74 Å². The molecule has 0 aliphatic carbocycles. The molecule has 4 aromatic rings. The van der Waals surface area contributed by atoms with Crippen molar-refractivity contribution in [2.45, 2.75) is 64.3 Å². The number of carbonyl (C=O) groups excluding carboxylic acids is 1. The first kappa shape index (κ1) is 32.7. The lowest BCUT2D eigenvalue weighted by atomic mass is 9.87. The van der Waals surface area contributed by atoms with E-state index in [4.69, 9.17) is 9.47 Å². The number of benzene rings is 2. The number of carbonyl (C=O) groups is 1. The van der Waals surface area contributed by atoms with Crippen molar-refractivity contribution in [2.24, 2.45) is 13.0 Å². The summed E-state index contributed by atoms with van der Waals surface area (Å²) in [5.74, 6) is -0.368. The van der Waals surface area contributed by atoms with Gasteiger partial charge >= 0.3 is 6.09 Å². The number of halogens is 2. The van der Waals surface area contributed by atoms with E-state index in [1.807, 2.05) is 42.5 Å². The number of hydrogen-bond donors (Lipinski definition) is 1. The van der Waals surface area contributed by atoms with Gasteiger partial charge in [0, 0.05) is 37.5 Å². The van der Waals surface area contributed by atoms with Gasteiger partial charge in [0.15, 0.2) is 5.82 Å². The molecule has 6 rings (SSSR count). The van der Waals surface area contributed by atoms with Crippen LogP contribution in [0.2, 0.25) is 0 Å². The van der Waals surface area contributed by atoms with Crippen LogP contribution in [-0.2, 0) is 18.4 Å². The van der Waals surface area contributed by atoms with Gasteiger partial charge in [-0.15, -0.1) is 0 Å². The van der Waals surface area contributed by atoms with Gasteiger partial charge in [-0.3, -0.25) is 4.68 Å². The minimum absolute atomic E-state index is 0.0318. The highest BCUT2D eigenvalue weighted by Gasteiger charge is 2.35. The fourth-order valence-electron chi connectivity index (χ4n) is 6.71. The number of rotatable bonds is 7. The van der Waals surface area contributed by atoms with E-state index in [1.54, 1.807) is 38.6 Å². The van der Waals surface area contributed by atoms with Crippen molar-refractivity contribution in [3.05, 3.63) is 71.5 Å². The molecule has 2 aromatic carbocycles. The number of aromatic nitrogens is 3. The number of hydrogen-bond acceptors (Lipinski definition) is 7. The average Bonchev–Trinajstić information content (AvgIpc) is 3.38. The maximum Gasteiger partial charge on any atom is 0.410 e. The molecule has 2 aliphatic rings. The Morgan fingerprint density at radius 1 is 1.02 bits per heavy atom. The van der Waals surface area contributed by atoms with Crippen molar-refractivity contribution in [2.75, 3.05) is 32.7 Å². The molecule has 0 saturated carbocycles. The summed E-state index contributed by atoms with van der Waals surface area (Å²) < 4.78 is 44.4. The summed E-state index contributed by atoms with van der Waals surface area (Å²) in [6, 6.07) is 16.6. The maximum absolute atomic E-state index is 16.3. The summed E-state index contributed by atoms with van der Waals surface area (Å²) in [6.45, 7) is 8.33. The molecule has 47 heavy (non-hydrogen) atoms. The maximum atomic E-state index is 16.3. The molecule has 1 amide bonds. The summed E-state index contributed by atoms with van der Waals surface area (Å²) in [4.78, 5) is 20.4. The molecule has 0 spiro atoms. The van der Waals surface area contributed by atoms with Crippen LogP contribution in [0.3, 0.4) is 0 Å². The molecule has 1 N–H and O–H groups in total. The number of ether oxygens (including phenoxy) is 2. The summed E-state index contributed by atoms with van der Waals surface area (Å²) in [6.07, 6.45) is 0.543. The molecule has 2 saturated heterocycles. The van der Waals surface area contributed by atoms with Gasteiger partial charge in [0.1, 0.15) is 29.6 Å². The van der Waals surface area contributed by atoms with Crippen molar-refractivity contribution in [1.82, 2.24) is 24.6 Å². The van der Waals surface area contributed by atoms with Crippen molar-refractivity contribution >= 4 is 17.0 Å². The van der Waals surface area contributed by atoms with Crippen LogP contribution >= 0.6 is 0 Å². The molecule has 2 fully saturated rings. The Bertz CT molecular complexity index is 1720. The van der Waals surface area contributed by atoms with Crippen molar-refractivity contribution in [1.29, 1.82) is 0 Å². The van der Waals surface area contributed by atoms with Gasteiger partial charge in [-0.2, -0.15) is 10.1 Å². The lowest BCUT2D eigenvalue weighted by Gasteiger charge is -2.39. The third kappa shape index (κ3) is 7.35. The standard InChI is InChI=1S/C36H43F2N5O4/c1-36(2,3)47-35(45)43-19-16-25(29(37)21-43)20-42-17-14-24(15-18-42)26-10-11-27-32(40-41(4)33(27)31(26)38)28-12-13-30(44)39-34(28)46-22-23-8-6-5-7-9-23/h5-13,24-25,29H,14-22H2,1-4H3,(H,39,44)/t25-,29-/m0/s1. The molecule has 0 bridgehead atoms. The minimum atomic E-state index is -1.11. The quantitative estimate of drug-likeness (QED) is 0.235. The number of pyridine rings is 1. The molecule has 0 unspecified atom stereocenters. The van der Waals surface area contributed by atoms with Gasteiger partial charge in [0.25, 0.3) is 0 Å². The Labute approximate surface area is 274 Å². The topological polar surface area (TPSA) is 93.0 Å². The van der Waals surface area contributed by atoms with Crippen molar-refractivity contribution < 1.29 is 28.2 Å². The molecule has 4 heterocycles. The number of piperidine rings is 2. The number of aromatic hydroxyl groups is 1. The summed E-state index contributed by atoms with van der Waals surface area (Å²) in [7, 11) is 1.72. The molecular weight excluding hydrogens is 604 g/mol. The van der Waals surface area contributed by atoms with Gasteiger partial charge in [-0.25, -0.2) is 13.6 Å². The monoisotopic (exact) mass is 647 g/mol. The second-order valence-corrected chi connectivity index (χ2v) is 13.7.